The van der Waals surface area contributed by atoms with Crippen molar-refractivity contribution >= 4 is 21.6 Å². The zero-order chi connectivity index (χ0) is 17.7. The van der Waals surface area contributed by atoms with Crippen molar-refractivity contribution in [1.29, 1.82) is 0 Å². The molecule has 1 aromatic rings. The molecular formula is C16H25N3O4S. The van der Waals surface area contributed by atoms with Gasteiger partial charge in [-0.25, -0.2) is 8.42 Å². The summed E-state index contributed by atoms with van der Waals surface area (Å²) >= 11 is 0. The van der Waals surface area contributed by atoms with E-state index in [1.165, 1.54) is 11.4 Å². The molecule has 0 spiro atoms. The highest BCUT2D eigenvalue weighted by atomic mass is 32.2. The molecule has 0 aromatic heterocycles. The number of likely N-dealkylation sites (N-methyl/N-ethyl adjacent to an activating group) is 1. The van der Waals surface area contributed by atoms with Crippen molar-refractivity contribution in [2.75, 3.05) is 56.9 Å². The molecule has 1 aliphatic heterocycles. The van der Waals surface area contributed by atoms with Gasteiger partial charge in [0, 0.05) is 33.2 Å². The highest BCUT2D eigenvalue weighted by molar-refractivity contribution is 7.92. The summed E-state index contributed by atoms with van der Waals surface area (Å²) in [5, 5.41) is 0. The summed E-state index contributed by atoms with van der Waals surface area (Å²) in [5.41, 5.74) is 0.548. The summed E-state index contributed by atoms with van der Waals surface area (Å²) in [6, 6.07) is 6.64. The van der Waals surface area contributed by atoms with Gasteiger partial charge in [-0.1, -0.05) is 6.92 Å². The maximum absolute atomic E-state index is 12.2. The molecule has 1 heterocycles. The third kappa shape index (κ3) is 4.85. The van der Waals surface area contributed by atoms with Crippen molar-refractivity contribution in [3.05, 3.63) is 24.3 Å². The van der Waals surface area contributed by atoms with Gasteiger partial charge in [-0.15, -0.1) is 0 Å². The Kier molecular flexibility index (Phi) is 6.06. The molecule has 1 aliphatic rings. The molecule has 1 amide bonds. The van der Waals surface area contributed by atoms with E-state index in [2.05, 4.69) is 11.8 Å². The molecule has 0 unspecified atom stereocenters. The Bertz CT molecular complexity index is 652. The van der Waals surface area contributed by atoms with E-state index in [1.807, 2.05) is 4.90 Å². The van der Waals surface area contributed by atoms with Gasteiger partial charge < -0.3 is 14.5 Å². The van der Waals surface area contributed by atoms with E-state index in [0.29, 0.717) is 11.4 Å². The summed E-state index contributed by atoms with van der Waals surface area (Å²) in [4.78, 5) is 16.3. The molecule has 0 aliphatic carbocycles. The van der Waals surface area contributed by atoms with E-state index in [-0.39, 0.29) is 12.5 Å². The first kappa shape index (κ1) is 18.5. The number of nitrogens with zero attached hydrogens (tertiary/aromatic N) is 3. The topological polar surface area (TPSA) is 70.2 Å². The van der Waals surface area contributed by atoms with Crippen molar-refractivity contribution in [2.24, 2.45) is 0 Å². The Morgan fingerprint density at radius 2 is 1.75 bits per heavy atom. The van der Waals surface area contributed by atoms with Crippen LogP contribution in [0.15, 0.2) is 24.3 Å². The van der Waals surface area contributed by atoms with Gasteiger partial charge in [0.15, 0.2) is 6.61 Å². The Morgan fingerprint density at radius 3 is 2.25 bits per heavy atom. The number of hydrogen-bond donors (Lipinski definition) is 0. The van der Waals surface area contributed by atoms with E-state index in [9.17, 15) is 13.2 Å². The van der Waals surface area contributed by atoms with Crippen LogP contribution in [0.3, 0.4) is 0 Å². The van der Waals surface area contributed by atoms with Crippen LogP contribution in [-0.4, -0.2) is 76.8 Å². The Morgan fingerprint density at radius 1 is 1.17 bits per heavy atom. The summed E-state index contributed by atoms with van der Waals surface area (Å²) in [5.74, 6) is 0.518. The largest absolute Gasteiger partial charge is 0.484 e. The SMILES string of the molecule is CCN1CCN(C(=O)COc2ccc(N(C)S(C)(=O)=O)cc2)CC1. The van der Waals surface area contributed by atoms with Crippen LogP contribution in [0, 0.1) is 0 Å². The highest BCUT2D eigenvalue weighted by Crippen LogP contribution is 2.20. The number of ether oxygens (including phenoxy) is 1. The number of piperazine rings is 1. The second kappa shape index (κ2) is 7.85. The lowest BCUT2D eigenvalue weighted by Crippen LogP contribution is -2.49. The summed E-state index contributed by atoms with van der Waals surface area (Å²) < 4.78 is 29.7. The molecule has 0 bridgehead atoms. The van der Waals surface area contributed by atoms with E-state index >= 15 is 0 Å². The number of sulfonamides is 1. The minimum absolute atomic E-state index is 0.00656. The average molecular weight is 355 g/mol. The Balaban J connectivity index is 1.85. The lowest BCUT2D eigenvalue weighted by molar-refractivity contribution is -0.135. The fraction of sp³-hybridized carbons (Fsp3) is 0.562. The maximum Gasteiger partial charge on any atom is 0.260 e. The van der Waals surface area contributed by atoms with Gasteiger partial charge in [0.1, 0.15) is 5.75 Å². The minimum Gasteiger partial charge on any atom is -0.484 e. The summed E-state index contributed by atoms with van der Waals surface area (Å²) in [6.07, 6.45) is 1.15. The average Bonchev–Trinajstić information content (AvgIpc) is 2.58. The van der Waals surface area contributed by atoms with Gasteiger partial charge in [0.2, 0.25) is 10.0 Å². The molecule has 0 N–H and O–H groups in total. The van der Waals surface area contributed by atoms with Crippen molar-refractivity contribution < 1.29 is 17.9 Å². The lowest BCUT2D eigenvalue weighted by Gasteiger charge is -2.33. The van der Waals surface area contributed by atoms with Gasteiger partial charge in [0.25, 0.3) is 5.91 Å². The van der Waals surface area contributed by atoms with Gasteiger partial charge >= 0.3 is 0 Å². The van der Waals surface area contributed by atoms with Gasteiger partial charge in [-0.3, -0.25) is 9.10 Å². The number of amides is 1. The molecule has 8 heteroatoms. The molecule has 134 valence electrons. The van der Waals surface area contributed by atoms with Gasteiger partial charge in [-0.2, -0.15) is 0 Å². The number of carbonyl (C=O) groups is 1. The Hall–Kier alpha value is -1.80. The smallest absolute Gasteiger partial charge is 0.260 e. The molecule has 0 atom stereocenters. The third-order valence-electron chi connectivity index (χ3n) is 4.23. The van der Waals surface area contributed by atoms with E-state index in [0.717, 1.165) is 39.0 Å². The molecule has 1 aromatic carbocycles. The second-order valence-electron chi connectivity index (χ2n) is 5.83. The molecule has 1 saturated heterocycles. The number of anilines is 1. The molecule has 24 heavy (non-hydrogen) atoms. The van der Waals surface area contributed by atoms with E-state index in [4.69, 9.17) is 4.74 Å². The van der Waals surface area contributed by atoms with Crippen molar-refractivity contribution in [2.45, 2.75) is 6.92 Å². The fourth-order valence-electron chi connectivity index (χ4n) is 2.49. The predicted molar refractivity (Wildman–Crippen MR) is 93.9 cm³/mol. The van der Waals surface area contributed by atoms with Gasteiger partial charge in [-0.05, 0) is 30.8 Å². The van der Waals surface area contributed by atoms with Crippen molar-refractivity contribution in [1.82, 2.24) is 9.80 Å². The molecule has 0 radical (unpaired) electrons. The number of carbonyl (C=O) groups excluding carboxylic acids is 1. The number of benzene rings is 1. The molecule has 1 fully saturated rings. The standard InChI is InChI=1S/C16H25N3O4S/c1-4-18-9-11-19(12-10-18)16(20)13-23-15-7-5-14(6-8-15)17(2)24(3,21)22/h5-8H,4,9-13H2,1-3H3. The van der Waals surface area contributed by atoms with Crippen LogP contribution in [0.2, 0.25) is 0 Å². The highest BCUT2D eigenvalue weighted by Gasteiger charge is 2.20. The van der Waals surface area contributed by atoms with Crippen LogP contribution in [-0.2, 0) is 14.8 Å². The van der Waals surface area contributed by atoms with Crippen LogP contribution < -0.4 is 9.04 Å². The zero-order valence-corrected chi connectivity index (χ0v) is 15.3. The van der Waals surface area contributed by atoms with Crippen molar-refractivity contribution in [3.8, 4) is 5.75 Å². The van der Waals surface area contributed by atoms with Crippen LogP contribution >= 0.6 is 0 Å². The number of rotatable bonds is 6. The van der Waals surface area contributed by atoms with Crippen molar-refractivity contribution in [3.63, 3.8) is 0 Å². The maximum atomic E-state index is 12.2. The minimum atomic E-state index is -3.29. The van der Waals surface area contributed by atoms with Crippen LogP contribution in [0.25, 0.3) is 0 Å². The fourth-order valence-corrected chi connectivity index (χ4v) is 3.00. The lowest BCUT2D eigenvalue weighted by atomic mass is 10.3. The first-order chi connectivity index (χ1) is 11.3. The quantitative estimate of drug-likeness (QED) is 0.748. The summed E-state index contributed by atoms with van der Waals surface area (Å²) in [7, 11) is -1.80. The second-order valence-corrected chi connectivity index (χ2v) is 7.84. The first-order valence-electron chi connectivity index (χ1n) is 7.98. The van der Waals surface area contributed by atoms with Crippen LogP contribution in [0.4, 0.5) is 5.69 Å². The zero-order valence-electron chi connectivity index (χ0n) is 14.4. The monoisotopic (exact) mass is 355 g/mol. The predicted octanol–water partition coefficient (Wildman–Crippen LogP) is 0.625. The molecule has 2 rings (SSSR count). The van der Waals surface area contributed by atoms with Crippen LogP contribution in [0.1, 0.15) is 6.92 Å². The molecular weight excluding hydrogens is 330 g/mol. The third-order valence-corrected chi connectivity index (χ3v) is 5.44. The van der Waals surface area contributed by atoms with Gasteiger partial charge in [0.05, 0.1) is 11.9 Å². The normalized spacial score (nSPS) is 16.0. The Labute approximate surface area is 143 Å². The molecule has 7 nitrogen and oxygen atoms in total. The molecule has 0 saturated carbocycles. The summed E-state index contributed by atoms with van der Waals surface area (Å²) in [6.45, 7) is 6.37. The van der Waals surface area contributed by atoms with E-state index < -0.39 is 10.0 Å². The first-order valence-corrected chi connectivity index (χ1v) is 9.83. The van der Waals surface area contributed by atoms with Crippen LogP contribution in [0.5, 0.6) is 5.75 Å². The van der Waals surface area contributed by atoms with E-state index in [1.54, 1.807) is 24.3 Å². The number of hydrogen-bond acceptors (Lipinski definition) is 5.